The molecule has 2 aromatic rings. The van der Waals surface area contributed by atoms with Crippen LogP contribution in [0.25, 0.3) is 0 Å². The van der Waals surface area contributed by atoms with Crippen LogP contribution in [-0.4, -0.2) is 40.1 Å². The van der Waals surface area contributed by atoms with E-state index in [1.807, 2.05) is 20.8 Å². The molecular weight excluding hydrogens is 411 g/mol. The van der Waals surface area contributed by atoms with Crippen LogP contribution in [0.4, 0.5) is 10.1 Å². The molecule has 0 saturated carbocycles. The van der Waals surface area contributed by atoms with Crippen molar-refractivity contribution in [3.8, 4) is 11.5 Å². The molecule has 1 aliphatic heterocycles. The van der Waals surface area contributed by atoms with Crippen LogP contribution in [0.3, 0.4) is 0 Å². The number of halogens is 1. The fourth-order valence-corrected chi connectivity index (χ4v) is 4.27. The van der Waals surface area contributed by atoms with Gasteiger partial charge in [-0.1, -0.05) is 13.8 Å². The van der Waals surface area contributed by atoms with Gasteiger partial charge in [-0.2, -0.15) is 0 Å². The number of ether oxygens (including phenoxy) is 2. The molecule has 9 heteroatoms. The predicted octanol–water partition coefficient (Wildman–Crippen LogP) is 2.95. The molecule has 7 nitrogen and oxygen atoms in total. The van der Waals surface area contributed by atoms with E-state index in [9.17, 15) is 17.6 Å². The average molecular weight is 437 g/mol. The normalized spacial score (nSPS) is 14.3. The number of hydrogen-bond donors (Lipinski definition) is 1. The standard InChI is InChI=1S/C21H25FN2O5S/c1-14(2)15(3)23-21(25)13-24(17-6-4-16(22)5-7-17)30(26,27)18-8-9-19-20(12-18)29-11-10-28-19/h4-9,12,14-15H,10-11,13H2,1-3H3,(H,23,25)/t15-/m1/s1. The van der Waals surface area contributed by atoms with Gasteiger partial charge in [0.1, 0.15) is 25.6 Å². The number of nitrogens with one attached hydrogen (secondary N) is 1. The summed E-state index contributed by atoms with van der Waals surface area (Å²) in [6.45, 7) is 6.01. The van der Waals surface area contributed by atoms with Crippen LogP contribution >= 0.6 is 0 Å². The summed E-state index contributed by atoms with van der Waals surface area (Å²) in [5, 5.41) is 2.80. The van der Waals surface area contributed by atoms with Gasteiger partial charge < -0.3 is 14.8 Å². The van der Waals surface area contributed by atoms with E-state index in [0.717, 1.165) is 16.4 Å². The van der Waals surface area contributed by atoms with Crippen LogP contribution < -0.4 is 19.1 Å². The third-order valence-corrected chi connectivity index (χ3v) is 6.66. The van der Waals surface area contributed by atoms with Gasteiger partial charge in [-0.3, -0.25) is 9.10 Å². The lowest BCUT2D eigenvalue weighted by Gasteiger charge is -2.26. The molecule has 3 rings (SSSR count). The second kappa shape index (κ2) is 8.91. The highest BCUT2D eigenvalue weighted by Crippen LogP contribution is 2.34. The van der Waals surface area contributed by atoms with Crippen molar-refractivity contribution in [1.29, 1.82) is 0 Å². The Labute approximate surface area is 175 Å². The van der Waals surface area contributed by atoms with Crippen molar-refractivity contribution in [3.63, 3.8) is 0 Å². The number of nitrogens with zero attached hydrogens (tertiary/aromatic N) is 1. The van der Waals surface area contributed by atoms with Gasteiger partial charge in [-0.05, 0) is 49.2 Å². The summed E-state index contributed by atoms with van der Waals surface area (Å²) in [5.41, 5.74) is 0.179. The third-order valence-electron chi connectivity index (χ3n) is 4.89. The number of sulfonamides is 1. The number of fused-ring (bicyclic) bond motifs is 1. The van der Waals surface area contributed by atoms with Gasteiger partial charge in [0.25, 0.3) is 10.0 Å². The van der Waals surface area contributed by atoms with Gasteiger partial charge in [0, 0.05) is 12.1 Å². The van der Waals surface area contributed by atoms with E-state index in [1.54, 1.807) is 0 Å². The molecule has 0 unspecified atom stereocenters. The smallest absolute Gasteiger partial charge is 0.264 e. The number of hydrogen-bond acceptors (Lipinski definition) is 5. The quantitative estimate of drug-likeness (QED) is 0.721. The van der Waals surface area contributed by atoms with E-state index in [2.05, 4.69) is 5.32 Å². The highest BCUT2D eigenvalue weighted by Gasteiger charge is 2.29. The number of benzene rings is 2. The monoisotopic (exact) mass is 436 g/mol. The molecular formula is C21H25FN2O5S. The summed E-state index contributed by atoms with van der Waals surface area (Å²) in [6.07, 6.45) is 0. The fraction of sp³-hybridized carbons (Fsp3) is 0.381. The molecule has 1 amide bonds. The van der Waals surface area contributed by atoms with Gasteiger partial charge in [0.05, 0.1) is 10.6 Å². The van der Waals surface area contributed by atoms with Gasteiger partial charge in [0.15, 0.2) is 11.5 Å². The first-order valence-corrected chi connectivity index (χ1v) is 11.1. The van der Waals surface area contributed by atoms with E-state index < -0.39 is 28.3 Å². The number of carbonyl (C=O) groups is 1. The van der Waals surface area contributed by atoms with Crippen LogP contribution in [-0.2, 0) is 14.8 Å². The molecule has 0 fully saturated rings. The second-order valence-electron chi connectivity index (χ2n) is 7.39. The Bertz CT molecular complexity index is 1010. The van der Waals surface area contributed by atoms with Gasteiger partial charge >= 0.3 is 0 Å². The van der Waals surface area contributed by atoms with E-state index >= 15 is 0 Å². The first-order chi connectivity index (χ1) is 14.2. The highest BCUT2D eigenvalue weighted by molar-refractivity contribution is 7.92. The first kappa shape index (κ1) is 21.9. The maximum Gasteiger partial charge on any atom is 0.264 e. The maximum absolute atomic E-state index is 13.4. The SMILES string of the molecule is CC(C)[C@@H](C)NC(=O)CN(c1ccc(F)cc1)S(=O)(=O)c1ccc2c(c1)OCCO2. The van der Waals surface area contributed by atoms with Crippen molar-refractivity contribution in [3.05, 3.63) is 48.3 Å². The minimum atomic E-state index is -4.14. The highest BCUT2D eigenvalue weighted by atomic mass is 32.2. The summed E-state index contributed by atoms with van der Waals surface area (Å²) >= 11 is 0. The molecule has 0 aliphatic carbocycles. The first-order valence-electron chi connectivity index (χ1n) is 9.66. The molecule has 162 valence electrons. The van der Waals surface area contributed by atoms with Crippen LogP contribution in [0.5, 0.6) is 11.5 Å². The minimum Gasteiger partial charge on any atom is -0.486 e. The summed E-state index contributed by atoms with van der Waals surface area (Å²) in [4.78, 5) is 12.5. The van der Waals surface area contributed by atoms with E-state index in [-0.39, 0.29) is 22.5 Å². The molecule has 0 aromatic heterocycles. The van der Waals surface area contributed by atoms with Crippen molar-refractivity contribution < 1.29 is 27.1 Å². The topological polar surface area (TPSA) is 84.9 Å². The average Bonchev–Trinajstić information content (AvgIpc) is 2.72. The number of rotatable bonds is 7. The Morgan fingerprint density at radius 2 is 1.70 bits per heavy atom. The molecule has 1 aliphatic rings. The van der Waals surface area contributed by atoms with Crippen LogP contribution in [0.1, 0.15) is 20.8 Å². The molecule has 1 N–H and O–H groups in total. The fourth-order valence-electron chi connectivity index (χ4n) is 2.83. The lowest BCUT2D eigenvalue weighted by atomic mass is 10.1. The van der Waals surface area contributed by atoms with Crippen molar-refractivity contribution in [2.75, 3.05) is 24.1 Å². The summed E-state index contributed by atoms with van der Waals surface area (Å²) in [6, 6.07) is 9.10. The number of anilines is 1. The Hall–Kier alpha value is -2.81. The Kier molecular flexibility index (Phi) is 6.50. The molecule has 1 heterocycles. The molecule has 1 atom stereocenters. The lowest BCUT2D eigenvalue weighted by molar-refractivity contribution is -0.120. The largest absolute Gasteiger partial charge is 0.486 e. The molecule has 0 radical (unpaired) electrons. The summed E-state index contributed by atoms with van der Waals surface area (Å²) in [5.74, 6) is -0.00567. The van der Waals surface area contributed by atoms with Gasteiger partial charge in [-0.25, -0.2) is 12.8 Å². The van der Waals surface area contributed by atoms with Gasteiger partial charge in [0.2, 0.25) is 5.91 Å². The summed E-state index contributed by atoms with van der Waals surface area (Å²) < 4.78 is 52.1. The second-order valence-corrected chi connectivity index (χ2v) is 9.26. The maximum atomic E-state index is 13.4. The van der Waals surface area contributed by atoms with Crippen molar-refractivity contribution >= 4 is 21.6 Å². The zero-order valence-electron chi connectivity index (χ0n) is 17.1. The Morgan fingerprint density at radius 3 is 2.33 bits per heavy atom. The molecule has 0 saturated heterocycles. The van der Waals surface area contributed by atoms with Crippen LogP contribution in [0.15, 0.2) is 47.4 Å². The molecule has 0 bridgehead atoms. The lowest BCUT2D eigenvalue weighted by Crippen LogP contribution is -2.45. The number of carbonyl (C=O) groups excluding carboxylic acids is 1. The van der Waals surface area contributed by atoms with E-state index in [0.29, 0.717) is 24.7 Å². The van der Waals surface area contributed by atoms with Crippen molar-refractivity contribution in [2.45, 2.75) is 31.7 Å². The number of amides is 1. The predicted molar refractivity (Wildman–Crippen MR) is 111 cm³/mol. The molecule has 30 heavy (non-hydrogen) atoms. The third kappa shape index (κ3) is 4.84. The van der Waals surface area contributed by atoms with E-state index in [1.165, 1.54) is 30.3 Å². The van der Waals surface area contributed by atoms with Crippen LogP contribution in [0, 0.1) is 11.7 Å². The zero-order valence-corrected chi connectivity index (χ0v) is 17.9. The Morgan fingerprint density at radius 1 is 1.07 bits per heavy atom. The zero-order chi connectivity index (χ0) is 21.9. The van der Waals surface area contributed by atoms with Crippen molar-refractivity contribution in [1.82, 2.24) is 5.32 Å². The minimum absolute atomic E-state index is 0.0548. The van der Waals surface area contributed by atoms with Gasteiger partial charge in [-0.15, -0.1) is 0 Å². The van der Waals surface area contributed by atoms with E-state index in [4.69, 9.17) is 9.47 Å². The Balaban J connectivity index is 1.96. The van der Waals surface area contributed by atoms with Crippen LogP contribution in [0.2, 0.25) is 0 Å². The molecule has 0 spiro atoms. The van der Waals surface area contributed by atoms with Crippen molar-refractivity contribution in [2.24, 2.45) is 5.92 Å². The molecule has 2 aromatic carbocycles. The summed E-state index contributed by atoms with van der Waals surface area (Å²) in [7, 11) is -4.14.